The smallest absolute Gasteiger partial charge is 0.315 e. The molecule has 0 spiro atoms. The zero-order valence-electron chi connectivity index (χ0n) is 9.94. The summed E-state index contributed by atoms with van der Waals surface area (Å²) in [7, 11) is 0. The number of nitrogens with one attached hydrogen (secondary N) is 2. The summed E-state index contributed by atoms with van der Waals surface area (Å²) >= 11 is 3.38. The number of hydrogen-bond acceptors (Lipinski definition) is 2. The van der Waals surface area contributed by atoms with Gasteiger partial charge in [0.05, 0.1) is 5.92 Å². The molecule has 1 aromatic rings. The van der Waals surface area contributed by atoms with Crippen molar-refractivity contribution in [1.29, 1.82) is 0 Å². The fourth-order valence-electron chi connectivity index (χ4n) is 1.21. The van der Waals surface area contributed by atoms with Crippen molar-refractivity contribution < 1.29 is 14.7 Å². The third kappa shape index (κ3) is 4.75. The van der Waals surface area contributed by atoms with E-state index in [4.69, 9.17) is 5.11 Å². The molecule has 0 fully saturated rings. The van der Waals surface area contributed by atoms with Gasteiger partial charge in [-0.3, -0.25) is 4.79 Å². The molecule has 1 rings (SSSR count). The van der Waals surface area contributed by atoms with Crippen LogP contribution in [0.1, 0.15) is 12.5 Å². The predicted molar refractivity (Wildman–Crippen MR) is 71.2 cm³/mol. The summed E-state index contributed by atoms with van der Waals surface area (Å²) in [6.45, 7) is 2.03. The van der Waals surface area contributed by atoms with Crippen molar-refractivity contribution >= 4 is 27.9 Å². The van der Waals surface area contributed by atoms with Gasteiger partial charge < -0.3 is 15.7 Å². The lowest BCUT2D eigenvalue weighted by atomic mass is 10.2. The Balaban J connectivity index is 2.34. The van der Waals surface area contributed by atoms with E-state index in [2.05, 4.69) is 26.6 Å². The Hall–Kier alpha value is -1.56. The first-order valence-electron chi connectivity index (χ1n) is 5.48. The Kier molecular flexibility index (Phi) is 5.64. The lowest BCUT2D eigenvalue weighted by Crippen LogP contribution is -2.38. The minimum atomic E-state index is -0.930. The van der Waals surface area contributed by atoms with Crippen LogP contribution in [0.15, 0.2) is 28.7 Å². The monoisotopic (exact) mass is 314 g/mol. The molecular formula is C12H15BrN2O3. The number of urea groups is 1. The predicted octanol–water partition coefficient (Wildman–Crippen LogP) is 1.97. The first kappa shape index (κ1) is 14.5. The van der Waals surface area contributed by atoms with Crippen LogP contribution < -0.4 is 10.6 Å². The highest BCUT2D eigenvalue weighted by Gasteiger charge is 2.11. The van der Waals surface area contributed by atoms with Crippen LogP contribution in [0.2, 0.25) is 0 Å². The normalized spacial score (nSPS) is 11.7. The highest BCUT2D eigenvalue weighted by atomic mass is 79.9. The summed E-state index contributed by atoms with van der Waals surface area (Å²) in [5, 5.41) is 13.8. The van der Waals surface area contributed by atoms with E-state index in [1.54, 1.807) is 0 Å². The second-order valence-electron chi connectivity index (χ2n) is 3.89. The molecule has 18 heavy (non-hydrogen) atoms. The Morgan fingerprint density at radius 3 is 2.61 bits per heavy atom. The average molecular weight is 315 g/mol. The maximum absolute atomic E-state index is 11.4. The molecule has 0 aliphatic heterocycles. The van der Waals surface area contributed by atoms with Crippen LogP contribution in [0.4, 0.5) is 4.79 Å². The number of aliphatic carboxylic acids is 1. The molecule has 2 amide bonds. The van der Waals surface area contributed by atoms with Gasteiger partial charge in [0.25, 0.3) is 0 Å². The maximum Gasteiger partial charge on any atom is 0.315 e. The number of rotatable bonds is 5. The van der Waals surface area contributed by atoms with Crippen molar-refractivity contribution in [1.82, 2.24) is 10.6 Å². The summed E-state index contributed by atoms with van der Waals surface area (Å²) in [5.41, 5.74) is 0.957. The zero-order valence-corrected chi connectivity index (χ0v) is 11.5. The minimum Gasteiger partial charge on any atom is -0.481 e. The van der Waals surface area contributed by atoms with E-state index in [0.29, 0.717) is 6.54 Å². The van der Waals surface area contributed by atoms with Gasteiger partial charge in [0.15, 0.2) is 0 Å². The molecule has 1 aromatic carbocycles. The number of carbonyl (C=O) groups excluding carboxylic acids is 1. The summed E-state index contributed by atoms with van der Waals surface area (Å²) < 4.78 is 0.921. The molecule has 0 aromatic heterocycles. The van der Waals surface area contributed by atoms with Crippen LogP contribution in [0.25, 0.3) is 0 Å². The van der Waals surface area contributed by atoms with Crippen molar-refractivity contribution in [3.63, 3.8) is 0 Å². The molecular weight excluding hydrogens is 300 g/mol. The van der Waals surface area contributed by atoms with Crippen LogP contribution in [-0.4, -0.2) is 23.7 Å². The fourth-order valence-corrected chi connectivity index (χ4v) is 1.64. The highest BCUT2D eigenvalue weighted by Crippen LogP contribution is 2.15. The molecule has 98 valence electrons. The summed E-state index contributed by atoms with van der Waals surface area (Å²) in [6, 6.07) is 7.18. The lowest BCUT2D eigenvalue weighted by molar-refractivity contribution is -0.140. The third-order valence-corrected chi connectivity index (χ3v) is 3.16. The molecule has 1 unspecified atom stereocenters. The van der Waals surface area contributed by atoms with Crippen LogP contribution in [-0.2, 0) is 11.3 Å². The van der Waals surface area contributed by atoms with Gasteiger partial charge in [-0.2, -0.15) is 0 Å². The van der Waals surface area contributed by atoms with Crippen molar-refractivity contribution in [3.8, 4) is 0 Å². The molecule has 1 atom stereocenters. The number of carboxylic acids is 1. The van der Waals surface area contributed by atoms with E-state index in [-0.39, 0.29) is 12.6 Å². The van der Waals surface area contributed by atoms with Gasteiger partial charge in [-0.05, 0) is 11.6 Å². The van der Waals surface area contributed by atoms with Gasteiger partial charge in [0.1, 0.15) is 0 Å². The summed E-state index contributed by atoms with van der Waals surface area (Å²) in [5.74, 6) is -1.53. The standard InChI is InChI=1S/C12H15BrN2O3/c1-8(11(16)17)6-14-12(18)15-7-9-4-2-3-5-10(9)13/h2-5,8H,6-7H2,1H3,(H,16,17)(H2,14,15,18). The van der Waals surface area contributed by atoms with E-state index in [9.17, 15) is 9.59 Å². The average Bonchev–Trinajstić information content (AvgIpc) is 2.34. The molecule has 5 nitrogen and oxygen atoms in total. The quantitative estimate of drug-likeness (QED) is 0.777. The Bertz CT molecular complexity index is 437. The first-order valence-corrected chi connectivity index (χ1v) is 6.28. The molecule has 0 aliphatic rings. The van der Waals surface area contributed by atoms with Gasteiger partial charge in [0.2, 0.25) is 0 Å². The Labute approximate surface area is 114 Å². The zero-order chi connectivity index (χ0) is 13.5. The highest BCUT2D eigenvalue weighted by molar-refractivity contribution is 9.10. The number of hydrogen-bond donors (Lipinski definition) is 3. The first-order chi connectivity index (χ1) is 8.50. The van der Waals surface area contributed by atoms with Gasteiger partial charge in [-0.15, -0.1) is 0 Å². The molecule has 0 radical (unpaired) electrons. The lowest BCUT2D eigenvalue weighted by Gasteiger charge is -2.10. The van der Waals surface area contributed by atoms with E-state index in [1.807, 2.05) is 24.3 Å². The molecule has 0 heterocycles. The minimum absolute atomic E-state index is 0.108. The van der Waals surface area contributed by atoms with Gasteiger partial charge >= 0.3 is 12.0 Å². The number of amides is 2. The van der Waals surface area contributed by atoms with E-state index < -0.39 is 11.9 Å². The van der Waals surface area contributed by atoms with Crippen molar-refractivity contribution in [2.24, 2.45) is 5.92 Å². The second-order valence-corrected chi connectivity index (χ2v) is 4.75. The third-order valence-electron chi connectivity index (χ3n) is 2.39. The Morgan fingerprint density at radius 2 is 2.00 bits per heavy atom. The molecule has 0 saturated heterocycles. The van der Waals surface area contributed by atoms with Crippen molar-refractivity contribution in [2.75, 3.05) is 6.54 Å². The summed E-state index contributed by atoms with van der Waals surface area (Å²) in [6.07, 6.45) is 0. The van der Waals surface area contributed by atoms with Crippen LogP contribution in [0.5, 0.6) is 0 Å². The van der Waals surface area contributed by atoms with Gasteiger partial charge in [0, 0.05) is 17.6 Å². The van der Waals surface area contributed by atoms with Gasteiger partial charge in [-0.25, -0.2) is 4.79 Å². The topological polar surface area (TPSA) is 78.4 Å². The number of carbonyl (C=O) groups is 2. The molecule has 0 bridgehead atoms. The SMILES string of the molecule is CC(CNC(=O)NCc1ccccc1Br)C(=O)O. The van der Waals surface area contributed by atoms with Gasteiger partial charge in [-0.1, -0.05) is 41.1 Å². The van der Waals surface area contributed by atoms with Crippen molar-refractivity contribution in [3.05, 3.63) is 34.3 Å². The number of benzene rings is 1. The second kappa shape index (κ2) is 7.00. The molecule has 0 saturated carbocycles. The maximum atomic E-state index is 11.4. The van der Waals surface area contributed by atoms with E-state index in [1.165, 1.54) is 6.92 Å². The van der Waals surface area contributed by atoms with Crippen LogP contribution in [0, 0.1) is 5.92 Å². The molecule has 3 N–H and O–H groups in total. The molecule has 0 aliphatic carbocycles. The summed E-state index contributed by atoms with van der Waals surface area (Å²) in [4.78, 5) is 22.0. The Morgan fingerprint density at radius 1 is 1.33 bits per heavy atom. The largest absolute Gasteiger partial charge is 0.481 e. The van der Waals surface area contributed by atoms with Crippen LogP contribution in [0.3, 0.4) is 0 Å². The van der Waals surface area contributed by atoms with Crippen molar-refractivity contribution in [2.45, 2.75) is 13.5 Å². The fraction of sp³-hybridized carbons (Fsp3) is 0.333. The van der Waals surface area contributed by atoms with E-state index >= 15 is 0 Å². The van der Waals surface area contributed by atoms with E-state index in [0.717, 1.165) is 10.0 Å². The van der Waals surface area contributed by atoms with Crippen LogP contribution >= 0.6 is 15.9 Å². The molecule has 6 heteroatoms. The number of carboxylic acid groups (broad SMARTS) is 1. The number of halogens is 1.